The average Bonchev–Trinajstić information content (AvgIpc) is 3.24. The minimum absolute atomic E-state index is 0.146. The molecule has 1 N–H and O–H groups in total. The maximum absolute atomic E-state index is 5.96. The molecule has 1 aromatic carbocycles. The minimum atomic E-state index is 0.146. The number of nitrogens with zero attached hydrogens (tertiary/aromatic N) is 3. The Bertz CT molecular complexity index is 616. The molecule has 1 aromatic rings. The zero-order valence-electron chi connectivity index (χ0n) is 17.0. The quantitative estimate of drug-likeness (QED) is 0.610. The second kappa shape index (κ2) is 10.1. The molecule has 2 heterocycles. The summed E-state index contributed by atoms with van der Waals surface area (Å²) in [6.45, 7) is 8.28. The second-order valence-electron chi connectivity index (χ2n) is 7.46. The van der Waals surface area contributed by atoms with Crippen LogP contribution in [0.4, 0.5) is 0 Å². The lowest BCUT2D eigenvalue weighted by atomic mass is 10.1. The highest BCUT2D eigenvalue weighted by Gasteiger charge is 2.32. The Morgan fingerprint density at radius 3 is 2.81 bits per heavy atom. The van der Waals surface area contributed by atoms with Crippen LogP contribution >= 0.6 is 0 Å². The van der Waals surface area contributed by atoms with Crippen LogP contribution in [0.2, 0.25) is 0 Å². The van der Waals surface area contributed by atoms with Crippen LogP contribution in [0.15, 0.2) is 29.3 Å². The lowest BCUT2D eigenvalue weighted by Gasteiger charge is -2.37. The van der Waals surface area contributed by atoms with Crippen LogP contribution in [0.3, 0.4) is 0 Å². The number of aliphatic imine (C=N–C) groups is 1. The molecule has 2 unspecified atom stereocenters. The standard InChI is InChI=1S/C21H34N4O2/c1-4-24(3)15-18-8-5-7-17(13-18)14-23-21(22-2)25-10-12-27-20(16-25)19-9-6-11-26-19/h5,7-8,13,19-20H,4,6,9-12,14-16H2,1-3H3,(H,22,23). The number of rotatable bonds is 6. The van der Waals surface area contributed by atoms with Gasteiger partial charge in [0.2, 0.25) is 0 Å². The highest BCUT2D eigenvalue weighted by atomic mass is 16.5. The van der Waals surface area contributed by atoms with Gasteiger partial charge in [-0.15, -0.1) is 0 Å². The van der Waals surface area contributed by atoms with Gasteiger partial charge in [0.15, 0.2) is 5.96 Å². The normalized spacial score (nSPS) is 23.9. The molecule has 2 aliphatic rings. The fourth-order valence-corrected chi connectivity index (χ4v) is 3.76. The SMILES string of the molecule is CCN(C)Cc1cccc(CNC(=NC)N2CCOC(C3CCCO3)C2)c1. The van der Waals surface area contributed by atoms with Crippen LogP contribution < -0.4 is 5.32 Å². The molecule has 2 aliphatic heterocycles. The predicted octanol–water partition coefficient (Wildman–Crippen LogP) is 2.09. The smallest absolute Gasteiger partial charge is 0.194 e. The number of morpholine rings is 1. The number of nitrogens with one attached hydrogen (secondary N) is 1. The molecule has 0 spiro atoms. The fourth-order valence-electron chi connectivity index (χ4n) is 3.76. The third kappa shape index (κ3) is 5.67. The third-order valence-corrected chi connectivity index (χ3v) is 5.42. The molecule has 0 bridgehead atoms. The van der Waals surface area contributed by atoms with Gasteiger partial charge >= 0.3 is 0 Å². The van der Waals surface area contributed by atoms with E-state index in [1.54, 1.807) is 0 Å². The molecule has 0 aromatic heterocycles. The van der Waals surface area contributed by atoms with Crippen molar-refractivity contribution in [3.05, 3.63) is 35.4 Å². The van der Waals surface area contributed by atoms with Gasteiger partial charge in [0.1, 0.15) is 6.10 Å². The first-order valence-electron chi connectivity index (χ1n) is 10.1. The van der Waals surface area contributed by atoms with Crippen molar-refractivity contribution in [1.82, 2.24) is 15.1 Å². The number of hydrogen-bond donors (Lipinski definition) is 1. The first-order chi connectivity index (χ1) is 13.2. The van der Waals surface area contributed by atoms with E-state index in [2.05, 4.69) is 58.3 Å². The Labute approximate surface area is 163 Å². The fraction of sp³-hybridized carbons (Fsp3) is 0.667. The lowest BCUT2D eigenvalue weighted by molar-refractivity contribution is -0.0817. The van der Waals surface area contributed by atoms with Crippen molar-refractivity contribution in [2.45, 2.75) is 45.1 Å². The van der Waals surface area contributed by atoms with Crippen molar-refractivity contribution in [1.29, 1.82) is 0 Å². The van der Waals surface area contributed by atoms with E-state index in [1.165, 1.54) is 11.1 Å². The Kier molecular flexibility index (Phi) is 7.50. The first kappa shape index (κ1) is 20.1. The van der Waals surface area contributed by atoms with Crippen molar-refractivity contribution >= 4 is 5.96 Å². The summed E-state index contributed by atoms with van der Waals surface area (Å²) in [6.07, 6.45) is 2.62. The molecule has 3 rings (SSSR count). The van der Waals surface area contributed by atoms with Gasteiger partial charge in [0.05, 0.1) is 12.7 Å². The van der Waals surface area contributed by atoms with Crippen LogP contribution in [0, 0.1) is 0 Å². The Morgan fingerprint density at radius 2 is 2.07 bits per heavy atom. The number of guanidine groups is 1. The summed E-state index contributed by atoms with van der Waals surface area (Å²) in [5.41, 5.74) is 2.63. The van der Waals surface area contributed by atoms with Gasteiger partial charge in [-0.3, -0.25) is 4.99 Å². The summed E-state index contributed by atoms with van der Waals surface area (Å²) in [5, 5.41) is 3.53. The minimum Gasteiger partial charge on any atom is -0.375 e. The topological polar surface area (TPSA) is 49.3 Å². The Balaban J connectivity index is 1.55. The molecule has 0 radical (unpaired) electrons. The second-order valence-corrected chi connectivity index (χ2v) is 7.46. The monoisotopic (exact) mass is 374 g/mol. The summed E-state index contributed by atoms with van der Waals surface area (Å²) in [4.78, 5) is 9.10. The van der Waals surface area contributed by atoms with Crippen LogP contribution in [-0.4, -0.2) is 74.9 Å². The van der Waals surface area contributed by atoms with Crippen molar-refractivity contribution in [2.24, 2.45) is 4.99 Å². The molecule has 0 amide bonds. The molecule has 0 saturated carbocycles. The van der Waals surface area contributed by atoms with Crippen molar-refractivity contribution in [3.8, 4) is 0 Å². The third-order valence-electron chi connectivity index (χ3n) is 5.42. The van der Waals surface area contributed by atoms with Gasteiger partial charge in [-0.1, -0.05) is 31.2 Å². The van der Waals surface area contributed by atoms with Crippen LogP contribution in [0.25, 0.3) is 0 Å². The highest BCUT2D eigenvalue weighted by molar-refractivity contribution is 5.80. The average molecular weight is 375 g/mol. The molecule has 6 nitrogen and oxygen atoms in total. The van der Waals surface area contributed by atoms with Crippen LogP contribution in [-0.2, 0) is 22.6 Å². The van der Waals surface area contributed by atoms with Gasteiger partial charge in [-0.25, -0.2) is 0 Å². The van der Waals surface area contributed by atoms with Gasteiger partial charge in [-0.2, -0.15) is 0 Å². The zero-order valence-corrected chi connectivity index (χ0v) is 17.0. The number of hydrogen-bond acceptors (Lipinski definition) is 4. The number of benzene rings is 1. The summed E-state index contributed by atoms with van der Waals surface area (Å²) >= 11 is 0. The summed E-state index contributed by atoms with van der Waals surface area (Å²) < 4.78 is 11.8. The van der Waals surface area contributed by atoms with E-state index in [4.69, 9.17) is 9.47 Å². The summed E-state index contributed by atoms with van der Waals surface area (Å²) in [7, 11) is 4.00. The van der Waals surface area contributed by atoms with Crippen LogP contribution in [0.5, 0.6) is 0 Å². The molecular weight excluding hydrogens is 340 g/mol. The van der Waals surface area contributed by atoms with E-state index in [9.17, 15) is 0 Å². The largest absolute Gasteiger partial charge is 0.375 e. The van der Waals surface area contributed by atoms with E-state index in [0.717, 1.165) is 64.7 Å². The zero-order chi connectivity index (χ0) is 19.1. The van der Waals surface area contributed by atoms with Gasteiger partial charge in [-0.05, 0) is 37.6 Å². The van der Waals surface area contributed by atoms with E-state index in [-0.39, 0.29) is 12.2 Å². The molecule has 6 heteroatoms. The summed E-state index contributed by atoms with van der Waals surface area (Å²) in [6, 6.07) is 8.78. The maximum atomic E-state index is 5.96. The molecule has 2 atom stereocenters. The predicted molar refractivity (Wildman–Crippen MR) is 109 cm³/mol. The van der Waals surface area contributed by atoms with Crippen molar-refractivity contribution in [2.75, 3.05) is 46.9 Å². The van der Waals surface area contributed by atoms with E-state index >= 15 is 0 Å². The van der Waals surface area contributed by atoms with Crippen LogP contribution in [0.1, 0.15) is 30.9 Å². The van der Waals surface area contributed by atoms with Gasteiger partial charge in [0, 0.05) is 39.8 Å². The van der Waals surface area contributed by atoms with Gasteiger partial charge in [0.25, 0.3) is 0 Å². The van der Waals surface area contributed by atoms with E-state index in [1.807, 2.05) is 7.05 Å². The first-order valence-corrected chi connectivity index (χ1v) is 10.1. The molecular formula is C21H34N4O2. The number of ether oxygens (including phenoxy) is 2. The van der Waals surface area contributed by atoms with E-state index < -0.39 is 0 Å². The molecule has 27 heavy (non-hydrogen) atoms. The summed E-state index contributed by atoms with van der Waals surface area (Å²) in [5.74, 6) is 0.942. The Morgan fingerprint density at radius 1 is 1.26 bits per heavy atom. The molecule has 150 valence electrons. The Hall–Kier alpha value is -1.63. The van der Waals surface area contributed by atoms with Gasteiger partial charge < -0.3 is 24.6 Å². The molecule has 0 aliphatic carbocycles. The molecule has 2 fully saturated rings. The molecule has 2 saturated heterocycles. The van der Waals surface area contributed by atoms with Crippen molar-refractivity contribution in [3.63, 3.8) is 0 Å². The highest BCUT2D eigenvalue weighted by Crippen LogP contribution is 2.21. The lowest BCUT2D eigenvalue weighted by Crippen LogP contribution is -2.53. The van der Waals surface area contributed by atoms with E-state index in [0.29, 0.717) is 0 Å². The van der Waals surface area contributed by atoms with Crippen molar-refractivity contribution < 1.29 is 9.47 Å². The maximum Gasteiger partial charge on any atom is 0.194 e.